The van der Waals surface area contributed by atoms with Gasteiger partial charge in [0, 0.05) is 12.1 Å². The molecule has 0 aliphatic rings. The Balaban J connectivity index is 2.19. The van der Waals surface area contributed by atoms with Crippen molar-refractivity contribution in [1.82, 2.24) is 14.7 Å². The molecule has 0 unspecified atom stereocenters. The summed E-state index contributed by atoms with van der Waals surface area (Å²) in [6.07, 6.45) is 1.13. The van der Waals surface area contributed by atoms with Gasteiger partial charge < -0.3 is 5.32 Å². The topological polar surface area (TPSA) is 84.0 Å². The molecule has 6 nitrogen and oxygen atoms in total. The largest absolute Gasteiger partial charge is 0.368 e. The van der Waals surface area contributed by atoms with Crippen LogP contribution in [0, 0.1) is 0 Å². The molecule has 0 amide bonds. The normalized spacial score (nSPS) is 12.8. The monoisotopic (exact) mass is 334 g/mol. The number of nitrogens with one attached hydrogen (secondary N) is 2. The fourth-order valence-corrected chi connectivity index (χ4v) is 3.87. The van der Waals surface area contributed by atoms with Gasteiger partial charge in [-0.2, -0.15) is 0 Å². The molecule has 0 aromatic carbocycles. The van der Waals surface area contributed by atoms with Gasteiger partial charge in [0.2, 0.25) is 15.3 Å². The second kappa shape index (κ2) is 5.44. The molecule has 0 fully saturated rings. The summed E-state index contributed by atoms with van der Waals surface area (Å²) in [5.41, 5.74) is -0.645. The fourth-order valence-electron chi connectivity index (χ4n) is 1.81. The van der Waals surface area contributed by atoms with Crippen molar-refractivity contribution in [2.45, 2.75) is 19.4 Å². The van der Waals surface area contributed by atoms with Crippen LogP contribution in [0.25, 0.3) is 10.2 Å². The summed E-state index contributed by atoms with van der Waals surface area (Å²) < 4.78 is 25.2. The number of aromatic nitrogens is 2. The van der Waals surface area contributed by atoms with E-state index in [9.17, 15) is 8.42 Å². The molecule has 2 aromatic rings. The molecule has 9 heteroatoms. The van der Waals surface area contributed by atoms with Crippen LogP contribution in [-0.2, 0) is 10.0 Å². The van der Waals surface area contributed by atoms with Gasteiger partial charge in [0.15, 0.2) is 0 Å². The number of thiophene rings is 1. The molecule has 2 aromatic heterocycles. The van der Waals surface area contributed by atoms with Crippen molar-refractivity contribution < 1.29 is 8.42 Å². The van der Waals surface area contributed by atoms with Gasteiger partial charge in [-0.05, 0) is 36.9 Å². The van der Waals surface area contributed by atoms with Crippen LogP contribution in [0.4, 0.5) is 5.82 Å². The first-order valence-corrected chi connectivity index (χ1v) is 8.95. The maximum absolute atomic E-state index is 11.3. The molecule has 0 saturated carbocycles. The average Bonchev–Trinajstić information content (AvgIpc) is 2.70. The lowest BCUT2D eigenvalue weighted by Gasteiger charge is -2.25. The third-order valence-electron chi connectivity index (χ3n) is 2.46. The highest BCUT2D eigenvalue weighted by atomic mass is 35.5. The maximum Gasteiger partial charge on any atom is 0.225 e. The van der Waals surface area contributed by atoms with Crippen LogP contribution in [0.2, 0.25) is 5.28 Å². The van der Waals surface area contributed by atoms with Crippen molar-refractivity contribution in [1.29, 1.82) is 0 Å². The van der Waals surface area contributed by atoms with E-state index in [1.54, 1.807) is 13.8 Å². The standard InChI is InChI=1S/C11H15ClN4O2S2/c1-11(2,16-20(3,17)18)6-13-8-7-4-5-19-9(7)15-10(12)14-8/h4-5,16H,6H2,1-3H3,(H,13,14,15). The Kier molecular flexibility index (Phi) is 4.19. The highest BCUT2D eigenvalue weighted by Crippen LogP contribution is 2.26. The number of nitrogens with zero attached hydrogens (tertiary/aromatic N) is 2. The molecule has 2 heterocycles. The minimum absolute atomic E-state index is 0.163. The lowest BCUT2D eigenvalue weighted by molar-refractivity contribution is 0.476. The van der Waals surface area contributed by atoms with E-state index in [-0.39, 0.29) is 5.28 Å². The third kappa shape index (κ3) is 4.02. The van der Waals surface area contributed by atoms with E-state index < -0.39 is 15.6 Å². The van der Waals surface area contributed by atoms with E-state index in [2.05, 4.69) is 20.0 Å². The molecule has 20 heavy (non-hydrogen) atoms. The van der Waals surface area contributed by atoms with Gasteiger partial charge in [0.25, 0.3) is 0 Å². The molecular weight excluding hydrogens is 320 g/mol. The first-order valence-electron chi connectivity index (χ1n) is 5.80. The van der Waals surface area contributed by atoms with Crippen molar-refractivity contribution in [3.05, 3.63) is 16.7 Å². The van der Waals surface area contributed by atoms with Gasteiger partial charge in [0.1, 0.15) is 10.6 Å². The molecule has 2 N–H and O–H groups in total. The molecule has 0 saturated heterocycles. The summed E-state index contributed by atoms with van der Waals surface area (Å²) in [6.45, 7) is 3.95. The number of hydrogen-bond acceptors (Lipinski definition) is 6. The van der Waals surface area contributed by atoms with E-state index in [0.717, 1.165) is 16.5 Å². The second-order valence-electron chi connectivity index (χ2n) is 5.09. The Morgan fingerprint density at radius 1 is 1.40 bits per heavy atom. The predicted molar refractivity (Wildman–Crippen MR) is 83.0 cm³/mol. The van der Waals surface area contributed by atoms with Crippen LogP contribution in [0.1, 0.15) is 13.8 Å². The Hall–Kier alpha value is -0.960. The quantitative estimate of drug-likeness (QED) is 0.818. The Bertz CT molecular complexity index is 727. The summed E-state index contributed by atoms with van der Waals surface area (Å²) in [5.74, 6) is 0.602. The number of sulfonamides is 1. The van der Waals surface area contributed by atoms with Crippen molar-refractivity contribution >= 4 is 49.0 Å². The first-order chi connectivity index (χ1) is 9.16. The highest BCUT2D eigenvalue weighted by molar-refractivity contribution is 7.88. The van der Waals surface area contributed by atoms with E-state index >= 15 is 0 Å². The Morgan fingerprint density at radius 2 is 2.10 bits per heavy atom. The minimum Gasteiger partial charge on any atom is -0.368 e. The molecule has 0 radical (unpaired) electrons. The number of anilines is 1. The van der Waals surface area contributed by atoms with Crippen molar-refractivity contribution in [3.8, 4) is 0 Å². The smallest absolute Gasteiger partial charge is 0.225 e. The molecule has 0 aliphatic heterocycles. The summed E-state index contributed by atoms with van der Waals surface area (Å²) in [4.78, 5) is 9.06. The van der Waals surface area contributed by atoms with Crippen LogP contribution in [0.15, 0.2) is 11.4 Å². The van der Waals surface area contributed by atoms with Crippen molar-refractivity contribution in [3.63, 3.8) is 0 Å². The third-order valence-corrected chi connectivity index (χ3v) is 4.36. The number of halogens is 1. The van der Waals surface area contributed by atoms with Crippen LogP contribution in [0.5, 0.6) is 0 Å². The molecular formula is C11H15ClN4O2S2. The van der Waals surface area contributed by atoms with Crippen molar-refractivity contribution in [2.75, 3.05) is 18.1 Å². The Labute approximate surface area is 126 Å². The summed E-state index contributed by atoms with van der Waals surface area (Å²) in [5, 5.41) is 6.06. The second-order valence-corrected chi connectivity index (χ2v) is 8.07. The zero-order valence-electron chi connectivity index (χ0n) is 11.3. The maximum atomic E-state index is 11.3. The lowest BCUT2D eigenvalue weighted by atomic mass is 10.1. The van der Waals surface area contributed by atoms with Gasteiger partial charge >= 0.3 is 0 Å². The number of fused-ring (bicyclic) bond motifs is 1. The van der Waals surface area contributed by atoms with E-state index in [1.807, 2.05) is 11.4 Å². The molecule has 110 valence electrons. The highest BCUT2D eigenvalue weighted by Gasteiger charge is 2.22. The van der Waals surface area contributed by atoms with E-state index in [4.69, 9.17) is 11.6 Å². The molecule has 0 bridgehead atoms. The zero-order chi connectivity index (χ0) is 15.0. The van der Waals surface area contributed by atoms with Crippen molar-refractivity contribution in [2.24, 2.45) is 0 Å². The van der Waals surface area contributed by atoms with E-state index in [0.29, 0.717) is 12.4 Å². The molecule has 0 aliphatic carbocycles. The Morgan fingerprint density at radius 3 is 2.75 bits per heavy atom. The summed E-state index contributed by atoms with van der Waals surface area (Å²) >= 11 is 7.34. The van der Waals surface area contributed by atoms with E-state index in [1.165, 1.54) is 11.3 Å². The lowest BCUT2D eigenvalue weighted by Crippen LogP contribution is -2.47. The van der Waals surface area contributed by atoms with Crippen LogP contribution in [-0.4, -0.2) is 36.7 Å². The SMILES string of the molecule is CC(C)(CNc1nc(Cl)nc2sccc12)NS(C)(=O)=O. The molecule has 0 spiro atoms. The fraction of sp³-hybridized carbons (Fsp3) is 0.455. The predicted octanol–water partition coefficient (Wildman–Crippen LogP) is 2.08. The first kappa shape index (κ1) is 15.4. The molecule has 0 atom stereocenters. The zero-order valence-corrected chi connectivity index (χ0v) is 13.7. The van der Waals surface area contributed by atoms with Crippen LogP contribution >= 0.6 is 22.9 Å². The number of hydrogen-bond donors (Lipinski definition) is 2. The van der Waals surface area contributed by atoms with Gasteiger partial charge in [-0.3, -0.25) is 0 Å². The van der Waals surface area contributed by atoms with Gasteiger partial charge in [-0.25, -0.2) is 23.1 Å². The summed E-state index contributed by atoms with van der Waals surface area (Å²) in [6, 6.07) is 1.90. The minimum atomic E-state index is -3.27. The molecule has 2 rings (SSSR count). The van der Waals surface area contributed by atoms with Gasteiger partial charge in [-0.15, -0.1) is 11.3 Å². The van der Waals surface area contributed by atoms with Gasteiger partial charge in [-0.1, -0.05) is 0 Å². The average molecular weight is 335 g/mol. The van der Waals surface area contributed by atoms with Crippen LogP contribution in [0.3, 0.4) is 0 Å². The summed E-state index contributed by atoms with van der Waals surface area (Å²) in [7, 11) is -3.27. The van der Waals surface area contributed by atoms with Gasteiger partial charge in [0.05, 0.1) is 11.6 Å². The number of rotatable bonds is 5. The van der Waals surface area contributed by atoms with Crippen LogP contribution < -0.4 is 10.0 Å².